The van der Waals surface area contributed by atoms with Crippen LogP contribution in [0.25, 0.3) is 0 Å². The number of hydrogen-bond acceptors (Lipinski definition) is 4. The molecular formula is C32H46N2O2. The Morgan fingerprint density at radius 1 is 0.611 bits per heavy atom. The minimum absolute atomic E-state index is 0.0295. The summed E-state index contributed by atoms with van der Waals surface area (Å²) in [5.74, 6) is 0. The largest absolute Gasteiger partial charge is 0.388 e. The first-order valence-corrected chi connectivity index (χ1v) is 13.7. The highest BCUT2D eigenvalue weighted by Crippen LogP contribution is 2.25. The van der Waals surface area contributed by atoms with Crippen LogP contribution in [0.2, 0.25) is 0 Å². The van der Waals surface area contributed by atoms with E-state index in [1.165, 1.54) is 11.1 Å². The van der Waals surface area contributed by atoms with E-state index in [1.807, 2.05) is 70.2 Å². The van der Waals surface area contributed by atoms with Crippen molar-refractivity contribution in [3.05, 3.63) is 108 Å². The number of rotatable bonds is 10. The van der Waals surface area contributed by atoms with Gasteiger partial charge in [-0.3, -0.25) is 4.90 Å². The molecule has 1 fully saturated rings. The third-order valence-electron chi connectivity index (χ3n) is 6.26. The zero-order valence-electron chi connectivity index (χ0n) is 22.7. The highest BCUT2D eigenvalue weighted by Gasteiger charge is 2.19. The van der Waals surface area contributed by atoms with E-state index in [-0.39, 0.29) is 12.2 Å². The van der Waals surface area contributed by atoms with Crippen molar-refractivity contribution in [2.75, 3.05) is 45.9 Å². The Bertz CT molecular complexity index is 858. The Morgan fingerprint density at radius 2 is 1.00 bits per heavy atom. The lowest BCUT2D eigenvalue weighted by molar-refractivity contribution is 0.0426. The molecule has 196 valence electrons. The molecule has 0 bridgehead atoms. The van der Waals surface area contributed by atoms with E-state index in [0.717, 1.165) is 51.3 Å². The fourth-order valence-corrected chi connectivity index (χ4v) is 4.32. The molecule has 0 spiro atoms. The first-order valence-electron chi connectivity index (χ1n) is 13.7. The molecule has 0 unspecified atom stereocenters. The van der Waals surface area contributed by atoms with Gasteiger partial charge in [-0.25, -0.2) is 0 Å². The highest BCUT2D eigenvalue weighted by molar-refractivity contribution is 5.29. The second-order valence-corrected chi connectivity index (χ2v) is 8.47. The summed E-state index contributed by atoms with van der Waals surface area (Å²) >= 11 is 0. The van der Waals surface area contributed by atoms with Crippen molar-refractivity contribution in [1.29, 1.82) is 0 Å². The molecule has 4 rings (SSSR count). The van der Waals surface area contributed by atoms with E-state index >= 15 is 0 Å². The third-order valence-corrected chi connectivity index (χ3v) is 6.26. The molecule has 4 heteroatoms. The molecule has 0 amide bonds. The molecule has 4 nitrogen and oxygen atoms in total. The summed E-state index contributed by atoms with van der Waals surface area (Å²) in [6, 6.07) is 30.9. The number of nitrogens with zero attached hydrogens (tertiary/aromatic N) is 2. The van der Waals surface area contributed by atoms with Crippen LogP contribution in [0, 0.1) is 0 Å². The van der Waals surface area contributed by atoms with Crippen LogP contribution in [0.5, 0.6) is 0 Å². The van der Waals surface area contributed by atoms with Crippen molar-refractivity contribution >= 4 is 0 Å². The molecule has 0 radical (unpaired) electrons. The molecule has 3 aromatic rings. The summed E-state index contributed by atoms with van der Waals surface area (Å²) in [6.45, 7) is 14.8. The molecule has 0 saturated carbocycles. The predicted molar refractivity (Wildman–Crippen MR) is 152 cm³/mol. The molecule has 1 saturated heterocycles. The van der Waals surface area contributed by atoms with Crippen molar-refractivity contribution in [1.82, 2.24) is 9.80 Å². The van der Waals surface area contributed by atoms with Gasteiger partial charge >= 0.3 is 0 Å². The number of ether oxygens (including phenoxy) is 1. The van der Waals surface area contributed by atoms with Crippen LogP contribution >= 0.6 is 0 Å². The standard InChI is InChI=1S/C28H34N2O2.2C2H6/c31-27(24-10-4-1-5-11-24)16-17-29-18-20-30(21-19-29)22-23-32-28(25-12-6-2-7-13-25)26-14-8-3-9-15-26;2*1-2/h1-15,27-28,31H,16-23H2;2*1-2H3/t27-;;/m0../s1. The monoisotopic (exact) mass is 490 g/mol. The van der Waals surface area contributed by atoms with Crippen molar-refractivity contribution in [2.45, 2.75) is 46.3 Å². The number of aliphatic hydroxyl groups is 1. The molecule has 0 aliphatic carbocycles. The summed E-state index contributed by atoms with van der Waals surface area (Å²) in [6.07, 6.45) is 0.372. The fourth-order valence-electron chi connectivity index (χ4n) is 4.32. The van der Waals surface area contributed by atoms with Gasteiger partial charge in [-0.05, 0) is 23.1 Å². The van der Waals surface area contributed by atoms with Gasteiger partial charge in [0.2, 0.25) is 0 Å². The van der Waals surface area contributed by atoms with Gasteiger partial charge in [-0.15, -0.1) is 0 Å². The van der Waals surface area contributed by atoms with E-state index in [0.29, 0.717) is 6.61 Å². The molecule has 36 heavy (non-hydrogen) atoms. The molecule has 1 aliphatic rings. The van der Waals surface area contributed by atoms with E-state index in [2.05, 4.69) is 58.3 Å². The lowest BCUT2D eigenvalue weighted by Crippen LogP contribution is -2.47. The van der Waals surface area contributed by atoms with E-state index in [4.69, 9.17) is 4.74 Å². The highest BCUT2D eigenvalue weighted by atomic mass is 16.5. The fraction of sp³-hybridized carbons (Fsp3) is 0.438. The van der Waals surface area contributed by atoms with Crippen LogP contribution < -0.4 is 0 Å². The van der Waals surface area contributed by atoms with Crippen LogP contribution in [0.3, 0.4) is 0 Å². The van der Waals surface area contributed by atoms with Crippen molar-refractivity contribution in [3.8, 4) is 0 Å². The molecule has 3 aromatic carbocycles. The first kappa shape index (κ1) is 29.7. The zero-order chi connectivity index (χ0) is 26.0. The van der Waals surface area contributed by atoms with Gasteiger partial charge in [0, 0.05) is 39.3 Å². The summed E-state index contributed by atoms with van der Waals surface area (Å²) in [5, 5.41) is 10.4. The van der Waals surface area contributed by atoms with Gasteiger partial charge in [0.1, 0.15) is 6.10 Å². The summed E-state index contributed by atoms with van der Waals surface area (Å²) in [4.78, 5) is 4.94. The van der Waals surface area contributed by atoms with Gasteiger partial charge in [0.25, 0.3) is 0 Å². The maximum absolute atomic E-state index is 10.4. The topological polar surface area (TPSA) is 35.9 Å². The molecule has 1 atom stereocenters. The molecule has 1 heterocycles. The van der Waals surface area contributed by atoms with E-state index < -0.39 is 0 Å². The maximum atomic E-state index is 10.4. The Hall–Kier alpha value is -2.50. The van der Waals surface area contributed by atoms with Crippen LogP contribution in [-0.4, -0.2) is 60.8 Å². The number of aliphatic hydroxyl groups excluding tert-OH is 1. The number of hydrogen-bond donors (Lipinski definition) is 1. The normalized spacial score (nSPS) is 14.8. The maximum Gasteiger partial charge on any atom is 0.108 e. The Labute approximate surface area is 219 Å². The summed E-state index contributed by atoms with van der Waals surface area (Å²) in [7, 11) is 0. The van der Waals surface area contributed by atoms with Gasteiger partial charge < -0.3 is 14.7 Å². The Balaban J connectivity index is 0.00000109. The van der Waals surface area contributed by atoms with E-state index in [1.54, 1.807) is 0 Å². The van der Waals surface area contributed by atoms with Gasteiger partial charge in [-0.2, -0.15) is 0 Å². The molecule has 1 N–H and O–H groups in total. The third kappa shape index (κ3) is 9.87. The second-order valence-electron chi connectivity index (χ2n) is 8.47. The Kier molecular flexibility index (Phi) is 14.7. The van der Waals surface area contributed by atoms with Crippen molar-refractivity contribution < 1.29 is 9.84 Å². The first-order chi connectivity index (χ1) is 17.8. The number of benzene rings is 3. The second kappa shape index (κ2) is 17.9. The summed E-state index contributed by atoms with van der Waals surface area (Å²) < 4.78 is 6.38. The van der Waals surface area contributed by atoms with E-state index in [9.17, 15) is 5.11 Å². The molecule has 0 aromatic heterocycles. The number of piperazine rings is 1. The smallest absolute Gasteiger partial charge is 0.108 e. The van der Waals surface area contributed by atoms with Gasteiger partial charge in [-0.1, -0.05) is 119 Å². The lowest BCUT2D eigenvalue weighted by Gasteiger charge is -2.35. The van der Waals surface area contributed by atoms with Crippen LogP contribution in [0.4, 0.5) is 0 Å². The average molecular weight is 491 g/mol. The van der Waals surface area contributed by atoms with Gasteiger partial charge in [0.05, 0.1) is 12.7 Å². The van der Waals surface area contributed by atoms with Crippen LogP contribution in [0.1, 0.15) is 63.0 Å². The van der Waals surface area contributed by atoms with Crippen molar-refractivity contribution in [3.63, 3.8) is 0 Å². The lowest BCUT2D eigenvalue weighted by atomic mass is 10.0. The van der Waals surface area contributed by atoms with Crippen LogP contribution in [0.15, 0.2) is 91.0 Å². The van der Waals surface area contributed by atoms with Gasteiger partial charge in [0.15, 0.2) is 0 Å². The molecule has 1 aliphatic heterocycles. The zero-order valence-corrected chi connectivity index (χ0v) is 22.7. The SMILES string of the molecule is CC.CC.O[C@@H](CCN1CCN(CCOC(c2ccccc2)c2ccccc2)CC1)c1ccccc1. The predicted octanol–water partition coefficient (Wildman–Crippen LogP) is 6.59. The average Bonchev–Trinajstić information content (AvgIpc) is 2.98. The minimum Gasteiger partial charge on any atom is -0.388 e. The molecular weight excluding hydrogens is 444 g/mol. The minimum atomic E-state index is -0.379. The quantitative estimate of drug-likeness (QED) is 0.348. The van der Waals surface area contributed by atoms with Crippen molar-refractivity contribution in [2.24, 2.45) is 0 Å². The Morgan fingerprint density at radius 3 is 1.44 bits per heavy atom. The summed E-state index contributed by atoms with van der Waals surface area (Å²) in [5.41, 5.74) is 3.40. The van der Waals surface area contributed by atoms with Crippen LogP contribution in [-0.2, 0) is 4.74 Å².